The lowest BCUT2D eigenvalue weighted by molar-refractivity contribution is 0.102. The second-order valence-corrected chi connectivity index (χ2v) is 6.50. The summed E-state index contributed by atoms with van der Waals surface area (Å²) in [5, 5.41) is 3.04. The van der Waals surface area contributed by atoms with Crippen LogP contribution in [-0.4, -0.2) is 5.91 Å². The van der Waals surface area contributed by atoms with Gasteiger partial charge in [0.25, 0.3) is 5.91 Å². The number of ether oxygens (including phenoxy) is 1. The van der Waals surface area contributed by atoms with Crippen LogP contribution in [0, 0.1) is 20.8 Å². The summed E-state index contributed by atoms with van der Waals surface area (Å²) in [7, 11) is 0. The van der Waals surface area contributed by atoms with Crippen molar-refractivity contribution in [2.24, 2.45) is 0 Å². The number of hydrogen-bond donors (Lipinski definition) is 1. The van der Waals surface area contributed by atoms with Crippen molar-refractivity contribution in [3.63, 3.8) is 0 Å². The predicted molar refractivity (Wildman–Crippen MR) is 106 cm³/mol. The van der Waals surface area contributed by atoms with Crippen LogP contribution in [0.4, 0.5) is 5.69 Å². The monoisotopic (exact) mass is 345 g/mol. The Balaban J connectivity index is 1.80. The number of amides is 1. The summed E-state index contributed by atoms with van der Waals surface area (Å²) >= 11 is 0. The first kappa shape index (κ1) is 17.7. The van der Waals surface area contributed by atoms with Crippen LogP contribution in [0.2, 0.25) is 0 Å². The van der Waals surface area contributed by atoms with Crippen LogP contribution in [0.3, 0.4) is 0 Å². The van der Waals surface area contributed by atoms with E-state index in [1.165, 1.54) is 5.56 Å². The highest BCUT2D eigenvalue weighted by molar-refractivity contribution is 6.06. The van der Waals surface area contributed by atoms with Crippen LogP contribution < -0.4 is 10.1 Å². The Morgan fingerprint density at radius 2 is 1.50 bits per heavy atom. The van der Waals surface area contributed by atoms with Crippen molar-refractivity contribution in [3.8, 4) is 5.75 Å². The summed E-state index contributed by atoms with van der Waals surface area (Å²) in [5.74, 6) is 0.417. The fourth-order valence-corrected chi connectivity index (χ4v) is 3.07. The SMILES string of the molecule is Cc1cc(C)c(NC(=O)c2ccccc2OCc2ccccc2)c(C)c1. The van der Waals surface area contributed by atoms with Crippen LogP contribution in [0.15, 0.2) is 66.7 Å². The molecule has 1 amide bonds. The number of nitrogens with one attached hydrogen (secondary N) is 1. The van der Waals surface area contributed by atoms with E-state index in [-0.39, 0.29) is 5.91 Å². The summed E-state index contributed by atoms with van der Waals surface area (Å²) in [5.41, 5.74) is 5.75. The molecule has 3 aromatic rings. The molecule has 0 fully saturated rings. The minimum atomic E-state index is -0.163. The molecule has 0 spiro atoms. The van der Waals surface area contributed by atoms with Gasteiger partial charge in [0, 0.05) is 5.69 Å². The topological polar surface area (TPSA) is 38.3 Å². The summed E-state index contributed by atoms with van der Waals surface area (Å²) in [6.07, 6.45) is 0. The predicted octanol–water partition coefficient (Wildman–Crippen LogP) is 5.44. The molecule has 0 aliphatic carbocycles. The highest BCUT2D eigenvalue weighted by atomic mass is 16.5. The molecule has 0 aliphatic heterocycles. The van der Waals surface area contributed by atoms with Gasteiger partial charge in [-0.1, -0.05) is 60.2 Å². The minimum absolute atomic E-state index is 0.163. The molecule has 3 aromatic carbocycles. The summed E-state index contributed by atoms with van der Waals surface area (Å²) in [6, 6.07) is 21.4. The maximum atomic E-state index is 12.8. The van der Waals surface area contributed by atoms with Crippen molar-refractivity contribution in [1.29, 1.82) is 0 Å². The Morgan fingerprint density at radius 3 is 2.19 bits per heavy atom. The zero-order valence-corrected chi connectivity index (χ0v) is 15.4. The number of benzene rings is 3. The Kier molecular flexibility index (Phi) is 5.37. The second kappa shape index (κ2) is 7.87. The molecule has 3 rings (SSSR count). The van der Waals surface area contributed by atoms with Gasteiger partial charge in [-0.3, -0.25) is 4.79 Å². The van der Waals surface area contributed by atoms with Crippen molar-refractivity contribution in [2.45, 2.75) is 27.4 Å². The van der Waals surface area contributed by atoms with Crippen LogP contribution in [-0.2, 0) is 6.61 Å². The third-order valence-electron chi connectivity index (χ3n) is 4.28. The molecule has 0 saturated carbocycles. The molecule has 3 nitrogen and oxygen atoms in total. The molecule has 1 N–H and O–H groups in total. The smallest absolute Gasteiger partial charge is 0.259 e. The van der Waals surface area contributed by atoms with E-state index in [2.05, 4.69) is 24.4 Å². The van der Waals surface area contributed by atoms with Crippen molar-refractivity contribution < 1.29 is 9.53 Å². The second-order valence-electron chi connectivity index (χ2n) is 6.50. The number of para-hydroxylation sites is 1. The van der Waals surface area contributed by atoms with Crippen LogP contribution in [0.5, 0.6) is 5.75 Å². The van der Waals surface area contributed by atoms with E-state index in [1.54, 1.807) is 6.07 Å². The van der Waals surface area contributed by atoms with E-state index in [0.29, 0.717) is 17.9 Å². The summed E-state index contributed by atoms with van der Waals surface area (Å²) < 4.78 is 5.90. The lowest BCUT2D eigenvalue weighted by Gasteiger charge is -2.15. The molecule has 3 heteroatoms. The Labute approximate surface area is 154 Å². The minimum Gasteiger partial charge on any atom is -0.488 e. The molecule has 132 valence electrons. The summed E-state index contributed by atoms with van der Waals surface area (Å²) in [6.45, 7) is 6.49. The molecule has 0 bridgehead atoms. The standard InChI is InChI=1S/C23H23NO2/c1-16-13-17(2)22(18(3)14-16)24-23(25)20-11-7-8-12-21(20)26-15-19-9-5-4-6-10-19/h4-14H,15H2,1-3H3,(H,24,25). The number of rotatable bonds is 5. The number of hydrogen-bond acceptors (Lipinski definition) is 2. The maximum Gasteiger partial charge on any atom is 0.259 e. The number of carbonyl (C=O) groups is 1. The Bertz CT molecular complexity index is 893. The third-order valence-corrected chi connectivity index (χ3v) is 4.28. The molecular weight excluding hydrogens is 322 g/mol. The Hall–Kier alpha value is -3.07. The normalized spacial score (nSPS) is 10.4. The van der Waals surface area contributed by atoms with Gasteiger partial charge in [0.15, 0.2) is 0 Å². The van der Waals surface area contributed by atoms with Crippen molar-refractivity contribution >= 4 is 11.6 Å². The van der Waals surface area contributed by atoms with Gasteiger partial charge >= 0.3 is 0 Å². The average Bonchev–Trinajstić information content (AvgIpc) is 2.64. The zero-order chi connectivity index (χ0) is 18.5. The molecule has 0 aromatic heterocycles. The Morgan fingerprint density at radius 1 is 0.885 bits per heavy atom. The molecule has 0 aliphatic rings. The van der Waals surface area contributed by atoms with Crippen LogP contribution >= 0.6 is 0 Å². The van der Waals surface area contributed by atoms with Crippen molar-refractivity contribution in [1.82, 2.24) is 0 Å². The number of aryl methyl sites for hydroxylation is 3. The fourth-order valence-electron chi connectivity index (χ4n) is 3.07. The van der Waals surface area contributed by atoms with E-state index < -0.39 is 0 Å². The largest absolute Gasteiger partial charge is 0.488 e. The van der Waals surface area contributed by atoms with Gasteiger partial charge in [0.1, 0.15) is 12.4 Å². The van der Waals surface area contributed by atoms with Crippen molar-refractivity contribution in [3.05, 3.63) is 94.5 Å². The van der Waals surface area contributed by atoms with E-state index in [0.717, 1.165) is 22.4 Å². The molecular formula is C23H23NO2. The first-order valence-electron chi connectivity index (χ1n) is 8.69. The van der Waals surface area contributed by atoms with E-state index in [9.17, 15) is 4.79 Å². The van der Waals surface area contributed by atoms with Gasteiger partial charge in [-0.15, -0.1) is 0 Å². The molecule has 26 heavy (non-hydrogen) atoms. The number of carbonyl (C=O) groups excluding carboxylic acids is 1. The highest BCUT2D eigenvalue weighted by Gasteiger charge is 2.15. The molecule has 0 saturated heterocycles. The van der Waals surface area contributed by atoms with E-state index >= 15 is 0 Å². The average molecular weight is 345 g/mol. The zero-order valence-electron chi connectivity index (χ0n) is 15.4. The van der Waals surface area contributed by atoms with Crippen molar-refractivity contribution in [2.75, 3.05) is 5.32 Å². The van der Waals surface area contributed by atoms with Gasteiger partial charge in [-0.25, -0.2) is 0 Å². The van der Waals surface area contributed by atoms with Crippen LogP contribution in [0.25, 0.3) is 0 Å². The van der Waals surface area contributed by atoms with Gasteiger partial charge < -0.3 is 10.1 Å². The lowest BCUT2D eigenvalue weighted by Crippen LogP contribution is -2.15. The highest BCUT2D eigenvalue weighted by Crippen LogP contribution is 2.25. The first-order chi connectivity index (χ1) is 12.5. The molecule has 0 unspecified atom stereocenters. The lowest BCUT2D eigenvalue weighted by atomic mass is 10.0. The molecule has 0 heterocycles. The number of anilines is 1. The quantitative estimate of drug-likeness (QED) is 0.668. The summed E-state index contributed by atoms with van der Waals surface area (Å²) in [4.78, 5) is 12.8. The molecule has 0 atom stereocenters. The van der Waals surface area contributed by atoms with Gasteiger partial charge in [-0.05, 0) is 49.6 Å². The van der Waals surface area contributed by atoms with E-state index in [4.69, 9.17) is 4.74 Å². The van der Waals surface area contributed by atoms with Crippen LogP contribution in [0.1, 0.15) is 32.6 Å². The maximum absolute atomic E-state index is 12.8. The first-order valence-corrected chi connectivity index (χ1v) is 8.69. The van der Waals surface area contributed by atoms with E-state index in [1.807, 2.05) is 62.4 Å². The van der Waals surface area contributed by atoms with Gasteiger partial charge in [0.2, 0.25) is 0 Å². The fraction of sp³-hybridized carbons (Fsp3) is 0.174. The third kappa shape index (κ3) is 4.12. The van der Waals surface area contributed by atoms with Gasteiger partial charge in [-0.2, -0.15) is 0 Å². The van der Waals surface area contributed by atoms with Gasteiger partial charge in [0.05, 0.1) is 5.56 Å². The molecule has 0 radical (unpaired) electrons.